The number of hydrogen-bond donors (Lipinski definition) is 3. The zero-order valence-electron chi connectivity index (χ0n) is 12.1. The normalized spacial score (nSPS) is 14.8. The third-order valence-corrected chi connectivity index (χ3v) is 3.17. The van der Waals surface area contributed by atoms with Crippen LogP contribution in [0.15, 0.2) is 30.3 Å². The van der Waals surface area contributed by atoms with E-state index in [0.29, 0.717) is 12.8 Å². The lowest BCUT2D eigenvalue weighted by atomic mass is 10.0. The number of halogens is 1. The monoisotopic (exact) mass is 300 g/mol. The Bertz CT molecular complexity index is 387. The van der Waals surface area contributed by atoms with Crippen LogP contribution in [0.5, 0.6) is 0 Å². The van der Waals surface area contributed by atoms with Crippen LogP contribution >= 0.6 is 12.4 Å². The first-order valence-electron chi connectivity index (χ1n) is 6.82. The van der Waals surface area contributed by atoms with E-state index in [4.69, 9.17) is 5.73 Å². The Morgan fingerprint density at radius 2 is 1.95 bits per heavy atom. The third kappa shape index (κ3) is 6.37. The average Bonchev–Trinajstić information content (AvgIpc) is 2.40. The molecule has 114 valence electrons. The molecular weight excluding hydrogens is 276 g/mol. The molecule has 4 N–H and O–H groups in total. The van der Waals surface area contributed by atoms with E-state index in [1.165, 1.54) is 0 Å². The molecule has 3 atom stereocenters. The zero-order valence-corrected chi connectivity index (χ0v) is 12.9. The fraction of sp³-hybridized carbons (Fsp3) is 0.533. The van der Waals surface area contributed by atoms with E-state index >= 15 is 0 Å². The molecule has 0 aliphatic rings. The van der Waals surface area contributed by atoms with Crippen LogP contribution in [0.1, 0.15) is 32.3 Å². The molecule has 0 bridgehead atoms. The van der Waals surface area contributed by atoms with Gasteiger partial charge in [0.25, 0.3) is 0 Å². The number of nitrogens with two attached hydrogens (primary N) is 1. The minimum atomic E-state index is -0.611. The van der Waals surface area contributed by atoms with Crippen molar-refractivity contribution in [3.8, 4) is 0 Å². The van der Waals surface area contributed by atoms with Crippen molar-refractivity contribution < 1.29 is 9.90 Å². The maximum atomic E-state index is 11.8. The van der Waals surface area contributed by atoms with Crippen molar-refractivity contribution in [3.63, 3.8) is 0 Å². The number of amides is 1. The van der Waals surface area contributed by atoms with Crippen LogP contribution < -0.4 is 11.1 Å². The van der Waals surface area contributed by atoms with Gasteiger partial charge in [-0.1, -0.05) is 43.7 Å². The summed E-state index contributed by atoms with van der Waals surface area (Å²) in [6, 6.07) is 8.92. The van der Waals surface area contributed by atoms with Gasteiger partial charge in [-0.3, -0.25) is 4.79 Å². The van der Waals surface area contributed by atoms with E-state index in [-0.39, 0.29) is 24.4 Å². The number of carbonyl (C=O) groups is 1. The average molecular weight is 301 g/mol. The highest BCUT2D eigenvalue weighted by Crippen LogP contribution is 2.06. The number of benzene rings is 1. The minimum Gasteiger partial charge on any atom is -0.391 e. The highest BCUT2D eigenvalue weighted by Gasteiger charge is 2.20. The first-order valence-corrected chi connectivity index (χ1v) is 6.82. The van der Waals surface area contributed by atoms with Crippen molar-refractivity contribution in [3.05, 3.63) is 35.9 Å². The van der Waals surface area contributed by atoms with Gasteiger partial charge in [0.1, 0.15) is 0 Å². The molecule has 0 saturated heterocycles. The Labute approximate surface area is 127 Å². The number of nitrogens with one attached hydrogen (secondary N) is 1. The highest BCUT2D eigenvalue weighted by molar-refractivity contribution is 5.85. The first kappa shape index (κ1) is 18.9. The van der Waals surface area contributed by atoms with Crippen LogP contribution in [0.3, 0.4) is 0 Å². The molecule has 0 aliphatic heterocycles. The summed E-state index contributed by atoms with van der Waals surface area (Å²) in [4.78, 5) is 11.8. The number of aliphatic hydroxyl groups excluding tert-OH is 1. The van der Waals surface area contributed by atoms with Crippen LogP contribution in [-0.4, -0.2) is 29.2 Å². The van der Waals surface area contributed by atoms with E-state index in [0.717, 1.165) is 12.0 Å². The molecule has 4 nitrogen and oxygen atoms in total. The number of aliphatic hydroxyl groups is 1. The van der Waals surface area contributed by atoms with E-state index in [9.17, 15) is 9.90 Å². The van der Waals surface area contributed by atoms with Crippen molar-refractivity contribution in [2.75, 3.05) is 0 Å². The lowest BCUT2D eigenvalue weighted by Crippen LogP contribution is -2.48. The van der Waals surface area contributed by atoms with Crippen molar-refractivity contribution in [1.29, 1.82) is 0 Å². The van der Waals surface area contributed by atoms with Crippen molar-refractivity contribution >= 4 is 18.3 Å². The van der Waals surface area contributed by atoms with Crippen molar-refractivity contribution in [2.24, 2.45) is 5.73 Å². The fourth-order valence-corrected chi connectivity index (χ4v) is 1.90. The summed E-state index contributed by atoms with van der Waals surface area (Å²) in [6.07, 6.45) is 1.44. The van der Waals surface area contributed by atoms with E-state index in [2.05, 4.69) is 5.32 Å². The second-order valence-electron chi connectivity index (χ2n) is 4.95. The van der Waals surface area contributed by atoms with Crippen LogP contribution in [0.25, 0.3) is 0 Å². The van der Waals surface area contributed by atoms with Crippen LogP contribution in [0.4, 0.5) is 0 Å². The molecular formula is C15H25ClN2O2. The zero-order chi connectivity index (χ0) is 14.3. The molecule has 0 fully saturated rings. The molecule has 0 aromatic heterocycles. The molecule has 1 amide bonds. The van der Waals surface area contributed by atoms with Gasteiger partial charge in [0.2, 0.25) is 5.91 Å². The second-order valence-corrected chi connectivity index (χ2v) is 4.95. The number of carbonyl (C=O) groups excluding carboxylic acids is 1. The van der Waals surface area contributed by atoms with E-state index in [1.807, 2.05) is 37.3 Å². The Hall–Kier alpha value is -1.10. The lowest BCUT2D eigenvalue weighted by molar-refractivity contribution is -0.123. The van der Waals surface area contributed by atoms with Gasteiger partial charge in [0, 0.05) is 6.42 Å². The van der Waals surface area contributed by atoms with Gasteiger partial charge in [-0.2, -0.15) is 0 Å². The summed E-state index contributed by atoms with van der Waals surface area (Å²) in [5.74, 6) is -0.193. The molecule has 20 heavy (non-hydrogen) atoms. The molecule has 1 aromatic rings. The molecule has 0 aliphatic carbocycles. The van der Waals surface area contributed by atoms with Crippen LogP contribution in [0.2, 0.25) is 0 Å². The van der Waals surface area contributed by atoms with Gasteiger partial charge in [0.15, 0.2) is 0 Å². The minimum absolute atomic E-state index is 0. The molecule has 0 heterocycles. The lowest BCUT2D eigenvalue weighted by Gasteiger charge is -2.22. The summed E-state index contributed by atoms with van der Waals surface area (Å²) in [6.45, 7) is 3.78. The van der Waals surface area contributed by atoms with Gasteiger partial charge in [-0.05, 0) is 18.9 Å². The Morgan fingerprint density at radius 1 is 1.35 bits per heavy atom. The summed E-state index contributed by atoms with van der Waals surface area (Å²) in [5, 5.41) is 12.8. The Morgan fingerprint density at radius 3 is 2.50 bits per heavy atom. The first-order chi connectivity index (χ1) is 9.04. The molecule has 5 heteroatoms. The second kappa shape index (κ2) is 9.75. The maximum Gasteiger partial charge on any atom is 0.237 e. The number of hydrogen-bond acceptors (Lipinski definition) is 3. The largest absolute Gasteiger partial charge is 0.391 e. The smallest absolute Gasteiger partial charge is 0.237 e. The summed E-state index contributed by atoms with van der Waals surface area (Å²) < 4.78 is 0. The van der Waals surface area contributed by atoms with Gasteiger partial charge in [-0.25, -0.2) is 0 Å². The maximum absolute atomic E-state index is 11.8. The van der Waals surface area contributed by atoms with E-state index in [1.54, 1.807) is 6.92 Å². The highest BCUT2D eigenvalue weighted by atomic mass is 35.5. The summed E-state index contributed by atoms with van der Waals surface area (Å²) >= 11 is 0. The SMILES string of the molecule is CCCC(N)C(=O)NC(C)C(O)Cc1ccccc1.Cl. The predicted octanol–water partition coefficient (Wildman–Crippen LogP) is 1.64. The predicted molar refractivity (Wildman–Crippen MR) is 83.9 cm³/mol. The van der Waals surface area contributed by atoms with Gasteiger partial charge >= 0.3 is 0 Å². The summed E-state index contributed by atoms with van der Waals surface area (Å²) in [5.41, 5.74) is 6.79. The molecule has 0 radical (unpaired) electrons. The van der Waals surface area contributed by atoms with Crippen molar-refractivity contribution in [2.45, 2.75) is 51.3 Å². The van der Waals surface area contributed by atoms with Gasteiger partial charge in [-0.15, -0.1) is 12.4 Å². The molecule has 1 rings (SSSR count). The summed E-state index contributed by atoms with van der Waals surface area (Å²) in [7, 11) is 0. The molecule has 1 aromatic carbocycles. The quantitative estimate of drug-likeness (QED) is 0.716. The number of rotatable bonds is 7. The molecule has 0 saturated carbocycles. The van der Waals surface area contributed by atoms with E-state index < -0.39 is 12.1 Å². The van der Waals surface area contributed by atoms with Crippen molar-refractivity contribution in [1.82, 2.24) is 5.32 Å². The van der Waals surface area contributed by atoms with Gasteiger partial charge in [0.05, 0.1) is 18.2 Å². The topological polar surface area (TPSA) is 75.4 Å². The van der Waals surface area contributed by atoms with Crippen LogP contribution in [0, 0.1) is 0 Å². The standard InChI is InChI=1S/C15H24N2O2.ClH/c1-3-7-13(16)15(19)17-11(2)14(18)10-12-8-5-4-6-9-12;/h4-6,8-9,11,13-14,18H,3,7,10,16H2,1-2H3,(H,17,19);1H. The van der Waals surface area contributed by atoms with Gasteiger partial charge < -0.3 is 16.2 Å². The molecule has 0 spiro atoms. The van der Waals surface area contributed by atoms with Crippen LogP contribution in [-0.2, 0) is 11.2 Å². The Balaban J connectivity index is 0.00000361. The molecule has 3 unspecified atom stereocenters. The third-order valence-electron chi connectivity index (χ3n) is 3.17. The Kier molecular flexibility index (Phi) is 9.21. The fourth-order valence-electron chi connectivity index (χ4n) is 1.90.